The lowest BCUT2D eigenvalue weighted by molar-refractivity contribution is 0.0581. The van der Waals surface area contributed by atoms with E-state index >= 15 is 0 Å². The van der Waals surface area contributed by atoms with Crippen LogP contribution in [0, 0.1) is 29.6 Å². The molecule has 1 fully saturated rings. The highest BCUT2D eigenvalue weighted by Crippen LogP contribution is 2.47. The first-order valence-corrected chi connectivity index (χ1v) is 19.6. The van der Waals surface area contributed by atoms with Gasteiger partial charge in [-0.05, 0) is 55.3 Å². The molecule has 0 saturated heterocycles. The van der Waals surface area contributed by atoms with Crippen LogP contribution in [-0.4, -0.2) is 0 Å². The number of unbranched alkanes of at least 4 members (excludes halogenated alkanes) is 19. The first-order chi connectivity index (χ1) is 19.6. The molecule has 0 aromatic heterocycles. The highest BCUT2D eigenvalue weighted by molar-refractivity contribution is 4.88. The van der Waals surface area contributed by atoms with Gasteiger partial charge in [0.25, 0.3) is 0 Å². The molecule has 40 heavy (non-hydrogen) atoms. The van der Waals surface area contributed by atoms with Crippen molar-refractivity contribution < 1.29 is 0 Å². The van der Waals surface area contributed by atoms with Crippen LogP contribution >= 0.6 is 0 Å². The van der Waals surface area contributed by atoms with Gasteiger partial charge in [-0.2, -0.15) is 0 Å². The van der Waals surface area contributed by atoms with E-state index in [4.69, 9.17) is 0 Å². The Morgan fingerprint density at radius 3 is 1.05 bits per heavy atom. The lowest BCUT2D eigenvalue weighted by Gasteiger charge is -2.44. The summed E-state index contributed by atoms with van der Waals surface area (Å²) < 4.78 is 0. The molecule has 0 amide bonds. The van der Waals surface area contributed by atoms with E-state index in [0.717, 1.165) is 29.6 Å². The summed E-state index contributed by atoms with van der Waals surface area (Å²) in [6.45, 7) is 11.8. The third kappa shape index (κ3) is 20.0. The highest BCUT2D eigenvalue weighted by Gasteiger charge is 2.37. The molecule has 0 N–H and O–H groups in total. The van der Waals surface area contributed by atoms with Crippen molar-refractivity contribution in [3.05, 3.63) is 0 Å². The molecule has 1 saturated carbocycles. The Morgan fingerprint density at radius 2 is 0.675 bits per heavy atom. The molecular weight excluding hydrogens is 480 g/mol. The summed E-state index contributed by atoms with van der Waals surface area (Å²) in [5.41, 5.74) is 0. The van der Waals surface area contributed by atoms with Crippen LogP contribution in [0.1, 0.15) is 227 Å². The van der Waals surface area contributed by atoms with Crippen molar-refractivity contribution in [3.8, 4) is 0 Å². The molecular formula is C40H80. The molecule has 0 aliphatic heterocycles. The minimum atomic E-state index is 0.888. The van der Waals surface area contributed by atoms with E-state index in [0.29, 0.717) is 0 Å². The average molecular weight is 561 g/mol. The van der Waals surface area contributed by atoms with Gasteiger partial charge in [-0.15, -0.1) is 0 Å². The van der Waals surface area contributed by atoms with Gasteiger partial charge in [0.2, 0.25) is 0 Å². The molecule has 1 rings (SSSR count). The largest absolute Gasteiger partial charge is 0.0654 e. The Morgan fingerprint density at radius 1 is 0.375 bits per heavy atom. The summed E-state index contributed by atoms with van der Waals surface area (Å²) in [6.07, 6.45) is 44.7. The fraction of sp³-hybridized carbons (Fsp3) is 1.00. The van der Waals surface area contributed by atoms with Gasteiger partial charge in [-0.3, -0.25) is 0 Å². The van der Waals surface area contributed by atoms with Gasteiger partial charge < -0.3 is 0 Å². The summed E-state index contributed by atoms with van der Waals surface area (Å²) in [5.74, 6) is 5.11. The number of hydrogen-bond donors (Lipinski definition) is 0. The van der Waals surface area contributed by atoms with Crippen LogP contribution in [0.3, 0.4) is 0 Å². The normalized spacial score (nSPS) is 21.4. The van der Waals surface area contributed by atoms with Gasteiger partial charge in [-0.1, -0.05) is 202 Å². The topological polar surface area (TPSA) is 0 Å². The summed E-state index contributed by atoms with van der Waals surface area (Å²) in [7, 11) is 0. The van der Waals surface area contributed by atoms with Crippen LogP contribution < -0.4 is 0 Å². The van der Waals surface area contributed by atoms with Crippen LogP contribution in [0.5, 0.6) is 0 Å². The number of hydrogen-bond acceptors (Lipinski definition) is 0. The van der Waals surface area contributed by atoms with E-state index in [2.05, 4.69) is 34.6 Å². The van der Waals surface area contributed by atoms with Gasteiger partial charge in [0.15, 0.2) is 0 Å². The molecule has 0 heteroatoms. The van der Waals surface area contributed by atoms with Crippen molar-refractivity contribution in [3.63, 3.8) is 0 Å². The lowest BCUT2D eigenvalue weighted by atomic mass is 9.61. The first-order valence-electron chi connectivity index (χ1n) is 19.6. The van der Waals surface area contributed by atoms with Crippen LogP contribution in [-0.2, 0) is 0 Å². The van der Waals surface area contributed by atoms with Crippen LogP contribution in [0.4, 0.5) is 0 Å². The molecule has 0 aromatic carbocycles. The molecule has 0 radical (unpaired) electrons. The molecule has 0 nitrogen and oxygen atoms in total. The van der Waals surface area contributed by atoms with Gasteiger partial charge in [0.05, 0.1) is 0 Å². The van der Waals surface area contributed by atoms with Gasteiger partial charge in [-0.25, -0.2) is 0 Å². The smallest absolute Gasteiger partial charge is 0.0355 e. The highest BCUT2D eigenvalue weighted by atomic mass is 14.4. The zero-order chi connectivity index (χ0) is 29.1. The van der Waals surface area contributed by atoms with Crippen molar-refractivity contribution in [1.29, 1.82) is 0 Å². The van der Waals surface area contributed by atoms with Crippen LogP contribution in [0.25, 0.3) is 0 Å². The van der Waals surface area contributed by atoms with Crippen molar-refractivity contribution in [2.24, 2.45) is 29.6 Å². The monoisotopic (exact) mass is 561 g/mol. The van der Waals surface area contributed by atoms with Crippen molar-refractivity contribution >= 4 is 0 Å². The van der Waals surface area contributed by atoms with Crippen molar-refractivity contribution in [1.82, 2.24) is 0 Å². The molecule has 0 aromatic rings. The second-order valence-electron chi connectivity index (χ2n) is 14.8. The first kappa shape index (κ1) is 38.0. The molecule has 1 aliphatic carbocycles. The van der Waals surface area contributed by atoms with E-state index in [-0.39, 0.29) is 0 Å². The Balaban J connectivity index is 2.67. The van der Waals surface area contributed by atoms with Gasteiger partial charge >= 0.3 is 0 Å². The summed E-state index contributed by atoms with van der Waals surface area (Å²) >= 11 is 0. The maximum absolute atomic E-state index is 2.38. The summed E-state index contributed by atoms with van der Waals surface area (Å²) in [6, 6.07) is 0. The van der Waals surface area contributed by atoms with Crippen molar-refractivity contribution in [2.75, 3.05) is 0 Å². The Kier molecular flexibility index (Phi) is 26.4. The van der Waals surface area contributed by atoms with E-state index in [1.807, 2.05) is 0 Å². The molecule has 0 bridgehead atoms. The Hall–Kier alpha value is 0. The van der Waals surface area contributed by atoms with E-state index in [1.165, 1.54) is 154 Å². The minimum absolute atomic E-state index is 0.888. The number of rotatable bonds is 29. The van der Waals surface area contributed by atoms with Crippen LogP contribution in [0.15, 0.2) is 0 Å². The van der Waals surface area contributed by atoms with E-state index in [1.54, 1.807) is 38.5 Å². The fourth-order valence-corrected chi connectivity index (χ4v) is 8.17. The molecule has 4 atom stereocenters. The molecule has 4 unspecified atom stereocenters. The van der Waals surface area contributed by atoms with E-state index in [9.17, 15) is 0 Å². The second-order valence-corrected chi connectivity index (χ2v) is 14.8. The Bertz CT molecular complexity index is 492. The second kappa shape index (κ2) is 27.8. The third-order valence-corrected chi connectivity index (χ3v) is 10.7. The summed E-state index contributed by atoms with van der Waals surface area (Å²) in [5, 5.41) is 0. The molecule has 0 spiro atoms. The standard InChI is InChI=1S/C40H80/c1-6-9-12-15-17-23-28-33-40-38(31-26-21-19-18-20-24-29-36(4)5)35-34-37(30-25-14-11-8-3)39(40)32-27-22-16-13-10-7-2/h36-40H,6-35H2,1-5H3. The zero-order valence-corrected chi connectivity index (χ0v) is 29.1. The Labute approximate surface area is 256 Å². The maximum Gasteiger partial charge on any atom is -0.0355 e. The van der Waals surface area contributed by atoms with Gasteiger partial charge in [0.1, 0.15) is 0 Å². The minimum Gasteiger partial charge on any atom is -0.0654 e. The van der Waals surface area contributed by atoms with E-state index < -0.39 is 0 Å². The predicted octanol–water partition coefficient (Wildman–Crippen LogP) is 14.9. The van der Waals surface area contributed by atoms with Gasteiger partial charge in [0, 0.05) is 0 Å². The quantitative estimate of drug-likeness (QED) is 0.0798. The predicted molar refractivity (Wildman–Crippen MR) is 184 cm³/mol. The SMILES string of the molecule is CCCCCCCCCC1C(CCCCCCCCC(C)C)CCC(CCCCCC)C1CCCCCCCC. The average Bonchev–Trinajstić information content (AvgIpc) is 2.95. The molecule has 1 aliphatic rings. The molecule has 0 heterocycles. The summed E-state index contributed by atoms with van der Waals surface area (Å²) in [4.78, 5) is 0. The lowest BCUT2D eigenvalue weighted by Crippen LogP contribution is -2.35. The van der Waals surface area contributed by atoms with Crippen LogP contribution in [0.2, 0.25) is 0 Å². The maximum atomic E-state index is 2.38. The van der Waals surface area contributed by atoms with Crippen molar-refractivity contribution in [2.45, 2.75) is 227 Å². The fourth-order valence-electron chi connectivity index (χ4n) is 8.17. The molecule has 240 valence electrons. The zero-order valence-electron chi connectivity index (χ0n) is 29.1. The third-order valence-electron chi connectivity index (χ3n) is 10.7.